The Labute approximate surface area is 144 Å². The van der Waals surface area contributed by atoms with Crippen LogP contribution in [0.5, 0.6) is 0 Å². The van der Waals surface area contributed by atoms with Crippen molar-refractivity contribution in [2.75, 3.05) is 26.2 Å². The summed E-state index contributed by atoms with van der Waals surface area (Å²) in [5, 5.41) is 3.53. The van der Waals surface area contributed by atoms with Crippen LogP contribution in [-0.2, 0) is 6.54 Å². The molecule has 0 saturated carbocycles. The largest absolute Gasteiger partial charge is 0.316 e. The third-order valence-corrected chi connectivity index (χ3v) is 4.82. The second-order valence-corrected chi connectivity index (χ2v) is 6.41. The van der Waals surface area contributed by atoms with Crippen molar-refractivity contribution in [2.45, 2.75) is 19.9 Å². The quantitative estimate of drug-likeness (QED) is 0.910. The summed E-state index contributed by atoms with van der Waals surface area (Å²) in [7, 11) is 0. The Morgan fingerprint density at radius 1 is 1.18 bits per heavy atom. The molecule has 0 aromatic carbocycles. The fourth-order valence-corrected chi connectivity index (χ4v) is 3.71. The van der Waals surface area contributed by atoms with E-state index in [9.17, 15) is 0 Å². The minimum absolute atomic E-state index is 0. The molecule has 4 rings (SSSR count). The van der Waals surface area contributed by atoms with Crippen LogP contribution in [0.3, 0.4) is 0 Å². The second kappa shape index (κ2) is 7.18. The van der Waals surface area contributed by atoms with Crippen molar-refractivity contribution in [3.63, 3.8) is 0 Å². The fourth-order valence-electron chi connectivity index (χ4n) is 3.71. The number of aryl methyl sites for hydroxylation is 1. The van der Waals surface area contributed by atoms with Crippen LogP contribution in [0.2, 0.25) is 0 Å². The van der Waals surface area contributed by atoms with E-state index >= 15 is 0 Å². The monoisotopic (exact) mass is 342 g/mol. The van der Waals surface area contributed by atoms with Gasteiger partial charge in [-0.25, -0.2) is 4.98 Å². The first-order valence-corrected chi connectivity index (χ1v) is 7.65. The third-order valence-electron chi connectivity index (χ3n) is 4.82. The van der Waals surface area contributed by atoms with E-state index in [-0.39, 0.29) is 24.8 Å². The number of rotatable bonds is 2. The molecular formula is C16H24Cl2N4. The summed E-state index contributed by atoms with van der Waals surface area (Å²) in [4.78, 5) is 7.31. The Balaban J connectivity index is 0.000000882. The van der Waals surface area contributed by atoms with Gasteiger partial charge in [-0.3, -0.25) is 4.90 Å². The van der Waals surface area contributed by atoms with Crippen LogP contribution in [0, 0.1) is 18.8 Å². The van der Waals surface area contributed by atoms with Crippen LogP contribution in [0.4, 0.5) is 0 Å². The van der Waals surface area contributed by atoms with Crippen LogP contribution >= 0.6 is 24.8 Å². The molecule has 2 aromatic rings. The van der Waals surface area contributed by atoms with E-state index in [0.717, 1.165) is 24.0 Å². The van der Waals surface area contributed by atoms with E-state index in [1.807, 2.05) is 0 Å². The fraction of sp³-hybridized carbons (Fsp3) is 0.562. The molecule has 0 bridgehead atoms. The first kappa shape index (κ1) is 17.5. The van der Waals surface area contributed by atoms with Crippen molar-refractivity contribution in [3.05, 3.63) is 35.8 Å². The predicted molar refractivity (Wildman–Crippen MR) is 94.2 cm³/mol. The predicted octanol–water partition coefficient (Wildman–Crippen LogP) is 2.53. The minimum Gasteiger partial charge on any atom is -0.316 e. The molecule has 6 heteroatoms. The molecular weight excluding hydrogens is 319 g/mol. The zero-order chi connectivity index (χ0) is 13.5. The lowest BCUT2D eigenvalue weighted by Crippen LogP contribution is -2.39. The number of aromatic nitrogens is 2. The van der Waals surface area contributed by atoms with E-state index < -0.39 is 0 Å². The molecule has 22 heavy (non-hydrogen) atoms. The van der Waals surface area contributed by atoms with Gasteiger partial charge in [-0.2, -0.15) is 0 Å². The lowest BCUT2D eigenvalue weighted by atomic mass is 9.89. The van der Waals surface area contributed by atoms with Gasteiger partial charge in [0.2, 0.25) is 0 Å². The summed E-state index contributed by atoms with van der Waals surface area (Å²) < 4.78 is 2.15. The van der Waals surface area contributed by atoms with Gasteiger partial charge in [0, 0.05) is 25.5 Å². The van der Waals surface area contributed by atoms with Gasteiger partial charge in [0.1, 0.15) is 5.65 Å². The molecule has 2 unspecified atom stereocenters. The van der Waals surface area contributed by atoms with Crippen molar-refractivity contribution >= 4 is 30.5 Å². The van der Waals surface area contributed by atoms with Crippen LogP contribution in [0.15, 0.2) is 24.5 Å². The topological polar surface area (TPSA) is 32.6 Å². The Kier molecular flexibility index (Phi) is 5.72. The maximum absolute atomic E-state index is 4.74. The van der Waals surface area contributed by atoms with Gasteiger partial charge in [-0.1, -0.05) is 6.07 Å². The minimum atomic E-state index is 0. The highest BCUT2D eigenvalue weighted by Gasteiger charge is 2.32. The highest BCUT2D eigenvalue weighted by molar-refractivity contribution is 5.85. The number of pyridine rings is 1. The van der Waals surface area contributed by atoms with Gasteiger partial charge >= 0.3 is 0 Å². The van der Waals surface area contributed by atoms with Crippen molar-refractivity contribution in [2.24, 2.45) is 11.8 Å². The molecule has 2 atom stereocenters. The standard InChI is InChI=1S/C16H22N4.2ClH/c1-12-2-3-16-18-15(11-20(16)8-12)10-19-5-4-13-6-17-7-14(13)9-19;;/h2-3,8,11,13-14,17H,4-7,9-10H2,1H3;2*1H. The molecule has 0 radical (unpaired) electrons. The SMILES string of the molecule is Cc1ccc2nc(CN3CCC4CNCC4C3)cn2c1.Cl.Cl. The van der Waals surface area contributed by atoms with Gasteiger partial charge in [0.05, 0.1) is 5.69 Å². The van der Waals surface area contributed by atoms with E-state index in [0.29, 0.717) is 0 Å². The normalized spacial score (nSPS) is 24.6. The van der Waals surface area contributed by atoms with E-state index in [4.69, 9.17) is 4.98 Å². The zero-order valence-corrected chi connectivity index (χ0v) is 14.5. The third kappa shape index (κ3) is 3.40. The number of nitrogens with zero attached hydrogens (tertiary/aromatic N) is 3. The van der Waals surface area contributed by atoms with Gasteiger partial charge in [0.25, 0.3) is 0 Å². The second-order valence-electron chi connectivity index (χ2n) is 6.41. The number of hydrogen-bond acceptors (Lipinski definition) is 3. The smallest absolute Gasteiger partial charge is 0.137 e. The summed E-state index contributed by atoms with van der Waals surface area (Å²) in [6, 6.07) is 4.23. The molecule has 0 spiro atoms. The van der Waals surface area contributed by atoms with E-state index in [2.05, 4.69) is 46.1 Å². The number of piperidine rings is 1. The summed E-state index contributed by atoms with van der Waals surface area (Å²) >= 11 is 0. The molecule has 0 aliphatic carbocycles. The summed E-state index contributed by atoms with van der Waals surface area (Å²) in [6.45, 7) is 7.99. The molecule has 4 nitrogen and oxygen atoms in total. The number of likely N-dealkylation sites (tertiary alicyclic amines) is 1. The Morgan fingerprint density at radius 2 is 2.00 bits per heavy atom. The van der Waals surface area contributed by atoms with Crippen LogP contribution < -0.4 is 5.32 Å². The van der Waals surface area contributed by atoms with Gasteiger partial charge in [-0.15, -0.1) is 24.8 Å². The number of hydrogen-bond donors (Lipinski definition) is 1. The first-order chi connectivity index (χ1) is 9.78. The van der Waals surface area contributed by atoms with Crippen molar-refractivity contribution in [1.29, 1.82) is 0 Å². The first-order valence-electron chi connectivity index (χ1n) is 7.65. The molecule has 2 aromatic heterocycles. The van der Waals surface area contributed by atoms with Gasteiger partial charge < -0.3 is 9.72 Å². The Morgan fingerprint density at radius 3 is 2.86 bits per heavy atom. The lowest BCUT2D eigenvalue weighted by Gasteiger charge is -2.33. The average molecular weight is 343 g/mol. The van der Waals surface area contributed by atoms with Crippen LogP contribution in [0.25, 0.3) is 5.65 Å². The average Bonchev–Trinajstić information content (AvgIpc) is 3.03. The van der Waals surface area contributed by atoms with Crippen LogP contribution in [-0.4, -0.2) is 40.5 Å². The number of fused-ring (bicyclic) bond motifs is 2. The van der Waals surface area contributed by atoms with Crippen molar-refractivity contribution in [1.82, 2.24) is 19.6 Å². The summed E-state index contributed by atoms with van der Waals surface area (Å²) in [5.74, 6) is 1.76. The van der Waals surface area contributed by atoms with Crippen molar-refractivity contribution < 1.29 is 0 Å². The maximum Gasteiger partial charge on any atom is 0.137 e. The van der Waals surface area contributed by atoms with E-state index in [1.165, 1.54) is 43.9 Å². The lowest BCUT2D eigenvalue weighted by molar-refractivity contribution is 0.141. The molecule has 2 aliphatic rings. The Hall–Kier alpha value is -0.810. The highest BCUT2D eigenvalue weighted by Crippen LogP contribution is 2.27. The number of nitrogens with one attached hydrogen (secondary N) is 1. The molecule has 4 heterocycles. The summed E-state index contributed by atoms with van der Waals surface area (Å²) in [5.41, 5.74) is 3.53. The van der Waals surface area contributed by atoms with Gasteiger partial charge in [-0.05, 0) is 56.4 Å². The maximum atomic E-state index is 4.74. The number of halogens is 2. The molecule has 2 fully saturated rings. The summed E-state index contributed by atoms with van der Waals surface area (Å²) in [6.07, 6.45) is 5.67. The Bertz CT molecular complexity index is 628. The van der Waals surface area contributed by atoms with Crippen molar-refractivity contribution in [3.8, 4) is 0 Å². The molecule has 2 aliphatic heterocycles. The van der Waals surface area contributed by atoms with Crippen LogP contribution in [0.1, 0.15) is 17.7 Å². The molecule has 0 amide bonds. The molecule has 122 valence electrons. The number of imidazole rings is 1. The molecule has 2 saturated heterocycles. The molecule has 1 N–H and O–H groups in total. The highest BCUT2D eigenvalue weighted by atomic mass is 35.5. The van der Waals surface area contributed by atoms with Gasteiger partial charge in [0.15, 0.2) is 0 Å². The zero-order valence-electron chi connectivity index (χ0n) is 12.9. The van der Waals surface area contributed by atoms with E-state index in [1.54, 1.807) is 0 Å².